The lowest BCUT2D eigenvalue weighted by Gasteiger charge is -2.57. The molecule has 0 radical (unpaired) electrons. The Morgan fingerprint density at radius 1 is 1.36 bits per heavy atom. The van der Waals surface area contributed by atoms with E-state index in [1.54, 1.807) is 0 Å². The summed E-state index contributed by atoms with van der Waals surface area (Å²) < 4.78 is 0.653. The molecule has 0 saturated carbocycles. The van der Waals surface area contributed by atoms with Crippen molar-refractivity contribution in [2.45, 2.75) is 55.8 Å². The fourth-order valence-electron chi connectivity index (χ4n) is 5.37. The zero-order chi connectivity index (χ0) is 24.2. The summed E-state index contributed by atoms with van der Waals surface area (Å²) in [5.74, 6) is -2.18. The molecule has 5 atom stereocenters. The number of carboxylic acid groups (broad SMARTS) is 1. The average molecular weight is 496 g/mol. The first-order chi connectivity index (χ1) is 15.5. The number of likely N-dealkylation sites (N-methyl/N-ethyl adjacent to an activating group) is 1. The number of thiazole rings is 1. The molecule has 0 bridgehead atoms. The van der Waals surface area contributed by atoms with E-state index in [2.05, 4.69) is 11.0 Å². The minimum atomic E-state index is -1.44. The Bertz CT molecular complexity index is 1030. The normalized spacial score (nSPS) is 28.9. The molecule has 4 N–H and O–H groups in total. The summed E-state index contributed by atoms with van der Waals surface area (Å²) in [6.45, 7) is 5.52. The Hall–Kier alpha value is -1.76. The highest BCUT2D eigenvalue weighted by molar-refractivity contribution is 8.04. The van der Waals surface area contributed by atoms with Crippen LogP contribution in [0.25, 0.3) is 5.57 Å². The number of aliphatic carboxylic acids is 1. The number of aliphatic hydroxyl groups is 3. The summed E-state index contributed by atoms with van der Waals surface area (Å²) in [7, 11) is 1.96. The zero-order valence-corrected chi connectivity index (χ0v) is 20.6. The Balaban J connectivity index is 1.63. The van der Waals surface area contributed by atoms with Crippen molar-refractivity contribution in [3.05, 3.63) is 27.8 Å². The van der Waals surface area contributed by atoms with Crippen molar-refractivity contribution in [2.75, 3.05) is 20.2 Å². The van der Waals surface area contributed by atoms with E-state index in [-0.39, 0.29) is 18.3 Å². The van der Waals surface area contributed by atoms with Crippen molar-refractivity contribution in [1.82, 2.24) is 14.8 Å². The van der Waals surface area contributed by atoms with Crippen molar-refractivity contribution in [3.8, 4) is 0 Å². The molecule has 33 heavy (non-hydrogen) atoms. The quantitative estimate of drug-likeness (QED) is 0.412. The number of nitrogens with zero attached hydrogens (tertiary/aromatic N) is 3. The smallest absolute Gasteiger partial charge is 0.353 e. The predicted molar refractivity (Wildman–Crippen MR) is 124 cm³/mol. The fourth-order valence-corrected chi connectivity index (χ4v) is 7.47. The Labute approximate surface area is 200 Å². The molecule has 1 saturated heterocycles. The number of carbonyl (C=O) groups excluding carboxylic acids is 1. The lowest BCUT2D eigenvalue weighted by atomic mass is 9.61. The number of amides is 1. The van der Waals surface area contributed by atoms with Crippen LogP contribution in [0, 0.1) is 11.3 Å². The number of carboxylic acids is 1. The van der Waals surface area contributed by atoms with Crippen LogP contribution in [-0.4, -0.2) is 91.6 Å². The summed E-state index contributed by atoms with van der Waals surface area (Å²) in [4.78, 5) is 33.7. The first-order valence-electron chi connectivity index (χ1n) is 10.9. The van der Waals surface area contributed by atoms with Gasteiger partial charge in [0.2, 0.25) is 5.91 Å². The molecule has 0 spiro atoms. The van der Waals surface area contributed by atoms with Crippen LogP contribution in [0.5, 0.6) is 0 Å². The van der Waals surface area contributed by atoms with Crippen molar-refractivity contribution >= 4 is 40.5 Å². The number of carbonyl (C=O) groups is 2. The maximum Gasteiger partial charge on any atom is 0.353 e. The zero-order valence-electron chi connectivity index (χ0n) is 18.9. The minimum absolute atomic E-state index is 0.0301. The van der Waals surface area contributed by atoms with E-state index in [9.17, 15) is 30.0 Å². The van der Waals surface area contributed by atoms with E-state index in [4.69, 9.17) is 4.98 Å². The molecule has 3 aliphatic heterocycles. The molecule has 0 aromatic carbocycles. The number of aromatic nitrogens is 1. The predicted octanol–water partition coefficient (Wildman–Crippen LogP) is 1.22. The van der Waals surface area contributed by atoms with Gasteiger partial charge in [0.15, 0.2) is 4.34 Å². The van der Waals surface area contributed by atoms with Gasteiger partial charge in [0, 0.05) is 28.8 Å². The minimum Gasteiger partial charge on any atom is -0.477 e. The van der Waals surface area contributed by atoms with Crippen LogP contribution in [0.1, 0.15) is 32.9 Å². The lowest BCUT2D eigenvalue weighted by molar-refractivity contribution is -0.202. The maximum absolute atomic E-state index is 13.1. The molecule has 0 aliphatic carbocycles. The largest absolute Gasteiger partial charge is 0.477 e. The molecular weight excluding hydrogens is 466 g/mol. The molecule has 1 aromatic heterocycles. The fraction of sp³-hybridized carbons (Fsp3) is 0.591. The molecule has 1 fully saturated rings. The third-order valence-electron chi connectivity index (χ3n) is 7.23. The van der Waals surface area contributed by atoms with Crippen molar-refractivity contribution in [2.24, 2.45) is 11.3 Å². The molecular formula is C22H29N3O6S2. The van der Waals surface area contributed by atoms with Crippen LogP contribution in [0.15, 0.2) is 26.4 Å². The van der Waals surface area contributed by atoms with Crippen molar-refractivity contribution in [1.29, 1.82) is 0 Å². The number of β-lactam (4-membered cyclic amide) rings is 1. The van der Waals surface area contributed by atoms with Gasteiger partial charge in [0.25, 0.3) is 0 Å². The Morgan fingerprint density at radius 2 is 2.03 bits per heavy atom. The van der Waals surface area contributed by atoms with Crippen LogP contribution >= 0.6 is 23.1 Å². The van der Waals surface area contributed by atoms with Gasteiger partial charge >= 0.3 is 5.97 Å². The van der Waals surface area contributed by atoms with Gasteiger partial charge in [-0.25, -0.2) is 9.78 Å². The van der Waals surface area contributed by atoms with Gasteiger partial charge < -0.3 is 20.4 Å². The number of fused-ring (bicyclic) bond motifs is 1. The van der Waals surface area contributed by atoms with Gasteiger partial charge in [-0.3, -0.25) is 14.6 Å². The molecule has 4 rings (SSSR count). The number of thioether (sulfide) groups is 1. The third kappa shape index (κ3) is 3.57. The summed E-state index contributed by atoms with van der Waals surface area (Å²) in [5.41, 5.74) is 0.312. The molecule has 11 heteroatoms. The SMILES string of the molecule is C[C@H]1C(Sc2nc(C3=CCN(C)[C@H](CO)C3)cs2)=C(C(=O)O)N2C(=O)C([C@@H](C)O)([C@@H](C)O)[C@H]12. The van der Waals surface area contributed by atoms with E-state index in [0.29, 0.717) is 22.2 Å². The van der Waals surface area contributed by atoms with Crippen molar-refractivity contribution < 1.29 is 30.0 Å². The molecule has 1 amide bonds. The topological polar surface area (TPSA) is 134 Å². The van der Waals surface area contributed by atoms with Gasteiger partial charge in [-0.2, -0.15) is 0 Å². The van der Waals surface area contributed by atoms with Crippen molar-refractivity contribution in [3.63, 3.8) is 0 Å². The highest BCUT2D eigenvalue weighted by atomic mass is 32.2. The standard InChI is InChI=1S/C22H29N3O6S2/c1-10-17(16(19(29)30)25-18(10)22(11(2)27,12(3)28)20(25)31)33-21-23-15(9-32-21)13-5-6-24(4)14(7-13)8-26/h5,9-12,14,18,26-28H,6-8H2,1-4H3,(H,29,30)/t10-,11+,12+,14-,18-/m0/s1. The first-order valence-corrected chi connectivity index (χ1v) is 12.6. The summed E-state index contributed by atoms with van der Waals surface area (Å²) >= 11 is 2.62. The van der Waals surface area contributed by atoms with E-state index < -0.39 is 41.5 Å². The highest BCUT2D eigenvalue weighted by Crippen LogP contribution is 2.59. The van der Waals surface area contributed by atoms with E-state index in [1.165, 1.54) is 41.8 Å². The van der Waals surface area contributed by atoms with Gasteiger partial charge in [0.1, 0.15) is 11.1 Å². The molecule has 180 valence electrons. The Kier molecular flexibility index (Phi) is 6.49. The monoisotopic (exact) mass is 495 g/mol. The number of hydrogen-bond acceptors (Lipinski definition) is 9. The summed E-state index contributed by atoms with van der Waals surface area (Å²) in [6.07, 6.45) is 0.501. The van der Waals surface area contributed by atoms with Gasteiger partial charge in [-0.05, 0) is 32.9 Å². The second-order valence-electron chi connectivity index (χ2n) is 9.02. The summed E-state index contributed by atoms with van der Waals surface area (Å²) in [6, 6.07) is -0.609. The molecule has 3 aliphatic rings. The second kappa shape index (κ2) is 8.79. The van der Waals surface area contributed by atoms with E-state index in [1.807, 2.05) is 19.4 Å². The maximum atomic E-state index is 13.1. The van der Waals surface area contributed by atoms with Gasteiger partial charge in [0.05, 0.1) is 30.6 Å². The molecule has 0 unspecified atom stereocenters. The first kappa shape index (κ1) is 24.4. The van der Waals surface area contributed by atoms with Gasteiger partial charge in [-0.1, -0.05) is 24.8 Å². The summed E-state index contributed by atoms with van der Waals surface area (Å²) in [5, 5.41) is 42.3. The molecule has 1 aromatic rings. The number of hydrogen-bond donors (Lipinski definition) is 4. The highest BCUT2D eigenvalue weighted by Gasteiger charge is 2.72. The van der Waals surface area contributed by atoms with E-state index >= 15 is 0 Å². The second-order valence-corrected chi connectivity index (χ2v) is 11.2. The Morgan fingerprint density at radius 3 is 2.61 bits per heavy atom. The number of aliphatic hydroxyl groups excluding tert-OH is 3. The van der Waals surface area contributed by atoms with Crippen LogP contribution in [0.2, 0.25) is 0 Å². The molecule has 4 heterocycles. The lowest BCUT2D eigenvalue weighted by Crippen LogP contribution is -2.76. The average Bonchev–Trinajstić information content (AvgIpc) is 3.30. The van der Waals surface area contributed by atoms with Crippen LogP contribution in [-0.2, 0) is 9.59 Å². The van der Waals surface area contributed by atoms with E-state index in [0.717, 1.165) is 11.3 Å². The number of rotatable bonds is 7. The third-order valence-corrected chi connectivity index (χ3v) is 9.45. The van der Waals surface area contributed by atoms with Crippen LogP contribution in [0.4, 0.5) is 0 Å². The van der Waals surface area contributed by atoms with Crippen LogP contribution < -0.4 is 0 Å². The molecule has 9 nitrogen and oxygen atoms in total. The van der Waals surface area contributed by atoms with Gasteiger partial charge in [-0.15, -0.1) is 11.3 Å². The van der Waals surface area contributed by atoms with Crippen LogP contribution in [0.3, 0.4) is 0 Å².